The van der Waals surface area contributed by atoms with Gasteiger partial charge in [0.15, 0.2) is 0 Å². The molecular formula is C10H9NO2. The molecule has 0 bridgehead atoms. The first-order chi connectivity index (χ1) is 6.11. The minimum atomic E-state index is -0.706. The van der Waals surface area contributed by atoms with Crippen LogP contribution in [0.4, 0.5) is 0 Å². The van der Waals surface area contributed by atoms with Gasteiger partial charge in [-0.15, -0.1) is 0 Å². The lowest BCUT2D eigenvalue weighted by Crippen LogP contribution is -2.06. The molecule has 66 valence electrons. The van der Waals surface area contributed by atoms with Gasteiger partial charge in [-0.3, -0.25) is 4.79 Å². The molecule has 1 rings (SSSR count). The van der Waals surface area contributed by atoms with Gasteiger partial charge < -0.3 is 10.8 Å². The van der Waals surface area contributed by atoms with E-state index in [0.29, 0.717) is 5.56 Å². The summed E-state index contributed by atoms with van der Waals surface area (Å²) in [5.74, 6) is 4.04. The summed E-state index contributed by atoms with van der Waals surface area (Å²) in [6.07, 6.45) is 0. The average molecular weight is 175 g/mol. The highest BCUT2D eigenvalue weighted by molar-refractivity contribution is 5.92. The number of phenols is 1. The van der Waals surface area contributed by atoms with Gasteiger partial charge in [0.1, 0.15) is 5.75 Å². The fourth-order valence-electron chi connectivity index (χ4n) is 0.939. The normalized spacial score (nSPS) is 8.69. The molecule has 1 aromatic rings. The predicted molar refractivity (Wildman–Crippen MR) is 48.9 cm³/mol. The van der Waals surface area contributed by atoms with Crippen molar-refractivity contribution in [1.82, 2.24) is 0 Å². The Morgan fingerprint density at radius 3 is 2.77 bits per heavy atom. The number of nitrogens with two attached hydrogens (primary N) is 1. The van der Waals surface area contributed by atoms with Crippen LogP contribution in [0, 0.1) is 18.8 Å². The Kier molecular flexibility index (Phi) is 2.56. The molecule has 0 heterocycles. The number of aryl methyl sites for hydroxylation is 1. The van der Waals surface area contributed by atoms with Gasteiger partial charge in [-0.1, -0.05) is 18.1 Å². The molecule has 0 unspecified atom stereocenters. The molecule has 0 atom stereocenters. The van der Waals surface area contributed by atoms with Crippen molar-refractivity contribution in [3.8, 4) is 17.6 Å². The molecule has 0 aliphatic heterocycles. The van der Waals surface area contributed by atoms with Crippen molar-refractivity contribution in [3.63, 3.8) is 0 Å². The van der Waals surface area contributed by atoms with Gasteiger partial charge >= 0.3 is 0 Å². The summed E-state index contributed by atoms with van der Waals surface area (Å²) in [7, 11) is 0. The minimum absolute atomic E-state index is 0.0637. The largest absolute Gasteiger partial charge is 0.507 e. The summed E-state index contributed by atoms with van der Waals surface area (Å²) in [6, 6.07) is 5.02. The summed E-state index contributed by atoms with van der Waals surface area (Å²) < 4.78 is 0. The van der Waals surface area contributed by atoms with E-state index in [-0.39, 0.29) is 5.75 Å². The molecule has 0 aliphatic rings. The number of amides is 1. The van der Waals surface area contributed by atoms with Gasteiger partial charge in [-0.05, 0) is 18.6 Å². The zero-order valence-corrected chi connectivity index (χ0v) is 7.16. The maximum atomic E-state index is 10.4. The second-order valence-electron chi connectivity index (χ2n) is 2.58. The lowest BCUT2D eigenvalue weighted by molar-refractivity contribution is -0.112. The van der Waals surface area contributed by atoms with Crippen LogP contribution in [0.15, 0.2) is 18.2 Å². The number of carbonyl (C=O) groups is 1. The van der Waals surface area contributed by atoms with Crippen LogP contribution >= 0.6 is 0 Å². The Morgan fingerprint density at radius 1 is 1.54 bits per heavy atom. The highest BCUT2D eigenvalue weighted by Gasteiger charge is 1.99. The maximum Gasteiger partial charge on any atom is 0.293 e. The molecule has 0 saturated carbocycles. The van der Waals surface area contributed by atoms with Crippen molar-refractivity contribution in [2.75, 3.05) is 0 Å². The SMILES string of the molecule is Cc1cccc(O)c1C#CC(N)=O. The summed E-state index contributed by atoms with van der Waals surface area (Å²) in [5, 5.41) is 9.35. The minimum Gasteiger partial charge on any atom is -0.507 e. The predicted octanol–water partition coefficient (Wildman–Crippen LogP) is 0.537. The number of hydrogen-bond acceptors (Lipinski definition) is 2. The molecule has 3 heteroatoms. The standard InChI is InChI=1S/C10H9NO2/c1-7-3-2-4-9(12)8(7)5-6-10(11)13/h2-4,12H,1H3,(H2,11,13). The fraction of sp³-hybridized carbons (Fsp3) is 0.100. The maximum absolute atomic E-state index is 10.4. The fourth-order valence-corrected chi connectivity index (χ4v) is 0.939. The molecule has 13 heavy (non-hydrogen) atoms. The van der Waals surface area contributed by atoms with Crippen LogP contribution < -0.4 is 5.73 Å². The first-order valence-electron chi connectivity index (χ1n) is 3.71. The zero-order chi connectivity index (χ0) is 9.84. The third-order valence-corrected chi connectivity index (χ3v) is 1.56. The second-order valence-corrected chi connectivity index (χ2v) is 2.58. The Balaban J connectivity index is 3.16. The number of carbonyl (C=O) groups excluding carboxylic acids is 1. The zero-order valence-electron chi connectivity index (χ0n) is 7.16. The van der Waals surface area contributed by atoms with E-state index in [4.69, 9.17) is 5.73 Å². The van der Waals surface area contributed by atoms with Crippen molar-refractivity contribution < 1.29 is 9.90 Å². The molecule has 0 spiro atoms. The quantitative estimate of drug-likeness (QED) is 0.565. The molecule has 0 aromatic heterocycles. The number of aromatic hydroxyl groups is 1. The van der Waals surface area contributed by atoms with E-state index in [0.717, 1.165) is 5.56 Å². The summed E-state index contributed by atoms with van der Waals surface area (Å²) in [6.45, 7) is 1.80. The molecule has 0 fully saturated rings. The first-order valence-corrected chi connectivity index (χ1v) is 3.71. The number of primary amides is 1. The van der Waals surface area contributed by atoms with Gasteiger partial charge in [0, 0.05) is 5.92 Å². The first kappa shape index (κ1) is 9.14. The van der Waals surface area contributed by atoms with Crippen molar-refractivity contribution in [2.45, 2.75) is 6.92 Å². The summed E-state index contributed by atoms with van der Waals surface area (Å²) >= 11 is 0. The van der Waals surface area contributed by atoms with Crippen LogP contribution in [0.25, 0.3) is 0 Å². The van der Waals surface area contributed by atoms with Gasteiger partial charge in [-0.25, -0.2) is 0 Å². The summed E-state index contributed by atoms with van der Waals surface area (Å²) in [5.41, 5.74) is 6.11. The molecule has 0 radical (unpaired) electrons. The van der Waals surface area contributed by atoms with Crippen LogP contribution in [-0.2, 0) is 4.79 Å². The van der Waals surface area contributed by atoms with E-state index in [2.05, 4.69) is 11.8 Å². The van der Waals surface area contributed by atoms with Crippen LogP contribution in [0.5, 0.6) is 5.75 Å². The second kappa shape index (κ2) is 3.63. The van der Waals surface area contributed by atoms with Crippen LogP contribution in [0.3, 0.4) is 0 Å². The van der Waals surface area contributed by atoms with E-state index >= 15 is 0 Å². The summed E-state index contributed by atoms with van der Waals surface area (Å²) in [4.78, 5) is 10.4. The monoisotopic (exact) mass is 175 g/mol. The van der Waals surface area contributed by atoms with Crippen LogP contribution in [0.1, 0.15) is 11.1 Å². The number of benzene rings is 1. The van der Waals surface area contributed by atoms with E-state index < -0.39 is 5.91 Å². The van der Waals surface area contributed by atoms with E-state index in [1.54, 1.807) is 19.1 Å². The lowest BCUT2D eigenvalue weighted by atomic mass is 10.1. The topological polar surface area (TPSA) is 63.3 Å². The average Bonchev–Trinajstić information content (AvgIpc) is 2.03. The van der Waals surface area contributed by atoms with E-state index in [1.165, 1.54) is 6.07 Å². The third-order valence-electron chi connectivity index (χ3n) is 1.56. The molecule has 3 nitrogen and oxygen atoms in total. The number of hydrogen-bond donors (Lipinski definition) is 2. The van der Waals surface area contributed by atoms with Gasteiger partial charge in [-0.2, -0.15) is 0 Å². The number of rotatable bonds is 0. The lowest BCUT2D eigenvalue weighted by Gasteiger charge is -1.99. The van der Waals surface area contributed by atoms with Gasteiger partial charge in [0.25, 0.3) is 5.91 Å². The van der Waals surface area contributed by atoms with Crippen LogP contribution in [-0.4, -0.2) is 11.0 Å². The highest BCUT2D eigenvalue weighted by Crippen LogP contribution is 2.18. The Morgan fingerprint density at radius 2 is 2.23 bits per heavy atom. The molecule has 3 N–H and O–H groups in total. The van der Waals surface area contributed by atoms with Crippen molar-refractivity contribution in [3.05, 3.63) is 29.3 Å². The van der Waals surface area contributed by atoms with Crippen molar-refractivity contribution in [2.24, 2.45) is 5.73 Å². The number of phenolic OH excluding ortho intramolecular Hbond substituents is 1. The smallest absolute Gasteiger partial charge is 0.293 e. The van der Waals surface area contributed by atoms with Gasteiger partial charge in [0.2, 0.25) is 0 Å². The van der Waals surface area contributed by atoms with Gasteiger partial charge in [0.05, 0.1) is 5.56 Å². The van der Waals surface area contributed by atoms with Crippen molar-refractivity contribution >= 4 is 5.91 Å². The molecular weight excluding hydrogens is 166 g/mol. The van der Waals surface area contributed by atoms with E-state index in [1.807, 2.05) is 0 Å². The Hall–Kier alpha value is -1.95. The Bertz CT molecular complexity index is 379. The third kappa shape index (κ3) is 2.24. The molecule has 0 saturated heterocycles. The highest BCUT2D eigenvalue weighted by atomic mass is 16.3. The van der Waals surface area contributed by atoms with Crippen molar-refractivity contribution in [1.29, 1.82) is 0 Å². The van der Waals surface area contributed by atoms with Crippen LogP contribution in [0.2, 0.25) is 0 Å². The van der Waals surface area contributed by atoms with E-state index in [9.17, 15) is 9.90 Å². The Labute approximate surface area is 76.2 Å². The molecule has 0 aliphatic carbocycles. The molecule has 1 amide bonds. The molecule has 1 aromatic carbocycles.